The lowest BCUT2D eigenvalue weighted by Crippen LogP contribution is -2.22. The monoisotopic (exact) mass is 446 g/mol. The number of ether oxygens (including phenoxy) is 1. The molecule has 0 aromatic heterocycles. The molecule has 174 valence electrons. The van der Waals surface area contributed by atoms with Gasteiger partial charge in [0.2, 0.25) is 0 Å². The first kappa shape index (κ1) is 23.5. The van der Waals surface area contributed by atoms with Crippen molar-refractivity contribution in [2.24, 2.45) is 11.5 Å². The van der Waals surface area contributed by atoms with Crippen molar-refractivity contribution in [1.29, 1.82) is 0 Å². The molecule has 6 heteroatoms. The molecule has 0 saturated heterocycles. The summed E-state index contributed by atoms with van der Waals surface area (Å²) in [5, 5.41) is 6.02. The first-order valence-electron chi connectivity index (χ1n) is 10.9. The summed E-state index contributed by atoms with van der Waals surface area (Å²) in [5.74, 6) is 1.08. The molecule has 1 amide bonds. The molecule has 0 spiro atoms. The van der Waals surface area contributed by atoms with E-state index in [1.807, 2.05) is 60.7 Å². The summed E-state index contributed by atoms with van der Waals surface area (Å²) in [6.07, 6.45) is 4.40. The van der Waals surface area contributed by atoms with E-state index < -0.39 is 0 Å². The van der Waals surface area contributed by atoms with Gasteiger partial charge in [0, 0.05) is 26.3 Å². The van der Waals surface area contributed by atoms with Crippen LogP contribution in [0.2, 0.25) is 0 Å². The van der Waals surface area contributed by atoms with Gasteiger partial charge in [-0.1, -0.05) is 55.5 Å². The van der Waals surface area contributed by atoms with Crippen molar-refractivity contribution in [2.45, 2.75) is 19.9 Å². The molecule has 0 radical (unpaired) electrons. The predicted molar refractivity (Wildman–Crippen MR) is 139 cm³/mol. The Hall–Kier alpha value is -4.19. The largest absolute Gasteiger partial charge is 0.494 e. The molecule has 0 saturated carbocycles. The number of nitrogens with one attached hydrogen (secondary N) is 2. The van der Waals surface area contributed by atoms with Crippen molar-refractivity contribution in [3.63, 3.8) is 0 Å². The second-order valence-corrected chi connectivity index (χ2v) is 7.49. The van der Waals surface area contributed by atoms with E-state index in [0.29, 0.717) is 35.9 Å². The van der Waals surface area contributed by atoms with E-state index in [9.17, 15) is 4.79 Å². The highest BCUT2D eigenvalue weighted by atomic mass is 16.5. The van der Waals surface area contributed by atoms with E-state index in [0.717, 1.165) is 23.3 Å². The third-order valence-electron chi connectivity index (χ3n) is 4.81. The first-order chi connectivity index (χ1) is 16.0. The van der Waals surface area contributed by atoms with Crippen molar-refractivity contribution in [1.82, 2.24) is 5.32 Å². The van der Waals surface area contributed by atoms with Crippen LogP contribution in [0.3, 0.4) is 0 Å². The third kappa shape index (κ3) is 7.47. The fourth-order valence-electron chi connectivity index (χ4n) is 3.06. The van der Waals surface area contributed by atoms with Gasteiger partial charge in [0.15, 0.2) is 0 Å². The molecule has 3 aromatic carbocycles. The summed E-state index contributed by atoms with van der Waals surface area (Å²) >= 11 is 0. The third-order valence-corrected chi connectivity index (χ3v) is 4.81. The van der Waals surface area contributed by atoms with E-state index in [1.165, 1.54) is 0 Å². The number of nitrogens with two attached hydrogens (primary N) is 2. The topological polar surface area (TPSA) is 102 Å². The number of allylic oxidation sites excluding steroid dienone is 2. The van der Waals surface area contributed by atoms with Crippen LogP contribution >= 0.6 is 0 Å². The molecule has 0 heterocycles. The molecule has 0 aliphatic carbocycles. The van der Waals surface area contributed by atoms with Gasteiger partial charge in [-0.15, -0.1) is 0 Å². The zero-order valence-electron chi connectivity index (χ0n) is 18.8. The average molecular weight is 447 g/mol. The molecule has 6 N–H and O–H groups in total. The Balaban J connectivity index is 0.00000306. The minimum atomic E-state index is -0.166. The Morgan fingerprint density at radius 2 is 1.67 bits per heavy atom. The van der Waals surface area contributed by atoms with E-state index in [2.05, 4.69) is 17.6 Å². The normalized spacial score (nSPS) is 11.7. The zero-order valence-corrected chi connectivity index (χ0v) is 18.8. The van der Waals surface area contributed by atoms with Crippen molar-refractivity contribution in [2.75, 3.05) is 11.9 Å². The van der Waals surface area contributed by atoms with Gasteiger partial charge in [-0.2, -0.15) is 0 Å². The molecular weight excluding hydrogens is 412 g/mol. The molecule has 0 atom stereocenters. The molecule has 33 heavy (non-hydrogen) atoms. The van der Waals surface area contributed by atoms with Crippen LogP contribution in [0.15, 0.2) is 96.8 Å². The summed E-state index contributed by atoms with van der Waals surface area (Å²) in [7, 11) is 0. The fourth-order valence-corrected chi connectivity index (χ4v) is 3.06. The maximum Gasteiger partial charge on any atom is 0.251 e. The number of anilines is 1. The van der Waals surface area contributed by atoms with Crippen LogP contribution in [0, 0.1) is 0 Å². The van der Waals surface area contributed by atoms with E-state index in [4.69, 9.17) is 16.2 Å². The molecule has 0 fully saturated rings. The van der Waals surface area contributed by atoms with Gasteiger partial charge in [0.25, 0.3) is 5.91 Å². The predicted octanol–water partition coefficient (Wildman–Crippen LogP) is 5.11. The van der Waals surface area contributed by atoms with Gasteiger partial charge in [-0.25, -0.2) is 0 Å². The minimum absolute atomic E-state index is 0. The first-order valence-corrected chi connectivity index (χ1v) is 10.9. The van der Waals surface area contributed by atoms with Crippen LogP contribution in [0.4, 0.5) is 5.69 Å². The standard InChI is InChI=1S/C27H30N4O2.2H2/c1-2-17-33-24-13-11-20(12-14-24)19-30-27(32)22-9-6-10-23(18-22)31-26(29)16-15-25(28)21-7-4-3-5-8-21;;/h3-16,18,31H,2,17,19,28-29H2,1H3,(H,30,32);2*1H/b25-15-,26-16+;;. The van der Waals surface area contributed by atoms with Crippen LogP contribution in [0.5, 0.6) is 5.75 Å². The summed E-state index contributed by atoms with van der Waals surface area (Å²) in [5.41, 5.74) is 15.9. The van der Waals surface area contributed by atoms with Crippen molar-refractivity contribution in [3.8, 4) is 5.75 Å². The molecule has 3 aromatic rings. The average Bonchev–Trinajstić information content (AvgIpc) is 2.86. The maximum absolute atomic E-state index is 12.6. The second kappa shape index (κ2) is 12.0. The highest BCUT2D eigenvalue weighted by Crippen LogP contribution is 2.15. The van der Waals surface area contributed by atoms with Gasteiger partial charge in [0.05, 0.1) is 6.61 Å². The summed E-state index contributed by atoms with van der Waals surface area (Å²) in [4.78, 5) is 12.6. The van der Waals surface area contributed by atoms with Crippen LogP contribution in [0.25, 0.3) is 5.70 Å². The van der Waals surface area contributed by atoms with Crippen molar-refractivity contribution in [3.05, 3.63) is 114 Å². The zero-order chi connectivity index (χ0) is 23.5. The Morgan fingerprint density at radius 1 is 0.939 bits per heavy atom. The molecule has 0 bridgehead atoms. The molecule has 0 aliphatic rings. The van der Waals surface area contributed by atoms with Gasteiger partial charge in [-0.05, 0) is 60.0 Å². The van der Waals surface area contributed by atoms with E-state index in [-0.39, 0.29) is 8.76 Å². The number of amides is 1. The highest BCUT2D eigenvalue weighted by molar-refractivity contribution is 5.95. The lowest BCUT2D eigenvalue weighted by molar-refractivity contribution is 0.0951. The minimum Gasteiger partial charge on any atom is -0.494 e. The number of benzene rings is 3. The van der Waals surface area contributed by atoms with Gasteiger partial charge in [-0.3, -0.25) is 4.79 Å². The lowest BCUT2D eigenvalue weighted by Gasteiger charge is -2.10. The van der Waals surface area contributed by atoms with Crippen LogP contribution in [-0.2, 0) is 6.54 Å². The summed E-state index contributed by atoms with van der Waals surface area (Å²) < 4.78 is 5.58. The fraction of sp³-hybridized carbons (Fsp3) is 0.148. The van der Waals surface area contributed by atoms with Crippen LogP contribution < -0.4 is 26.8 Å². The molecule has 0 aliphatic heterocycles. The quantitative estimate of drug-likeness (QED) is 0.324. The Bertz CT molecular complexity index is 1120. The second-order valence-electron chi connectivity index (χ2n) is 7.49. The number of hydrogen-bond donors (Lipinski definition) is 4. The van der Waals surface area contributed by atoms with E-state index in [1.54, 1.807) is 30.4 Å². The Morgan fingerprint density at radius 3 is 2.39 bits per heavy atom. The van der Waals surface area contributed by atoms with Crippen LogP contribution in [0.1, 0.15) is 37.7 Å². The number of hydrogen-bond acceptors (Lipinski definition) is 5. The molecular formula is C27H34N4O2. The Kier molecular flexibility index (Phi) is 8.54. The summed E-state index contributed by atoms with van der Waals surface area (Å²) in [6.45, 7) is 3.19. The van der Waals surface area contributed by atoms with Gasteiger partial charge >= 0.3 is 0 Å². The number of carbonyl (C=O) groups is 1. The SMILES string of the molecule is CCCOc1ccc(CNC(=O)c2cccc(N/C(N)=C/C=C(\N)c3ccccc3)c2)cc1.[HH].[HH]. The number of rotatable bonds is 10. The maximum atomic E-state index is 12.6. The lowest BCUT2D eigenvalue weighted by atomic mass is 10.1. The Labute approximate surface area is 197 Å². The van der Waals surface area contributed by atoms with Gasteiger partial charge in [0.1, 0.15) is 11.6 Å². The summed E-state index contributed by atoms with van der Waals surface area (Å²) in [6, 6.07) is 24.5. The van der Waals surface area contributed by atoms with Gasteiger partial charge < -0.3 is 26.8 Å². The van der Waals surface area contributed by atoms with Crippen LogP contribution in [-0.4, -0.2) is 12.5 Å². The van der Waals surface area contributed by atoms with E-state index >= 15 is 0 Å². The smallest absolute Gasteiger partial charge is 0.251 e. The van der Waals surface area contributed by atoms with Crippen molar-refractivity contribution >= 4 is 17.3 Å². The van der Waals surface area contributed by atoms with Crippen molar-refractivity contribution < 1.29 is 12.4 Å². The molecule has 6 nitrogen and oxygen atoms in total. The number of carbonyl (C=O) groups excluding carboxylic acids is 1. The molecule has 0 unspecified atom stereocenters. The molecule has 3 rings (SSSR count). The highest BCUT2D eigenvalue weighted by Gasteiger charge is 2.07.